The molecule has 0 saturated heterocycles. The van der Waals surface area contributed by atoms with E-state index in [1.54, 1.807) is 38.0 Å². The Morgan fingerprint density at radius 1 is 0.714 bits per heavy atom. The van der Waals surface area contributed by atoms with Crippen molar-refractivity contribution >= 4 is 55.1 Å². The highest BCUT2D eigenvalue weighted by molar-refractivity contribution is 7.90. The number of carbonyl (C=O) groups is 2. The highest BCUT2D eigenvalue weighted by Gasteiger charge is 2.35. The second kappa shape index (κ2) is 15.6. The van der Waals surface area contributed by atoms with Gasteiger partial charge in [-0.1, -0.05) is 52.0 Å². The van der Waals surface area contributed by atoms with Crippen LogP contribution in [0.4, 0.5) is 32.6 Å². The minimum absolute atomic E-state index is 0.0716. The van der Waals surface area contributed by atoms with Crippen LogP contribution in [0.5, 0.6) is 0 Å². The number of hydrogen-bond acceptors (Lipinski definition) is 12. The first kappa shape index (κ1) is 40.3. The molecule has 2 aliphatic carbocycles. The van der Waals surface area contributed by atoms with Crippen LogP contribution in [0.2, 0.25) is 0 Å². The van der Waals surface area contributed by atoms with Gasteiger partial charge in [0.25, 0.3) is 20.0 Å². The van der Waals surface area contributed by atoms with E-state index in [1.807, 2.05) is 45.9 Å². The molecular formula is C38H48N10O6S2. The van der Waals surface area contributed by atoms with Gasteiger partial charge in [0.1, 0.15) is 23.8 Å². The van der Waals surface area contributed by atoms with Crippen LogP contribution in [0, 0.1) is 0 Å². The zero-order valence-corrected chi connectivity index (χ0v) is 34.4. The van der Waals surface area contributed by atoms with Crippen molar-refractivity contribution in [2.24, 2.45) is 0 Å². The van der Waals surface area contributed by atoms with E-state index in [4.69, 9.17) is 4.98 Å². The number of sulfonamides is 2. The summed E-state index contributed by atoms with van der Waals surface area (Å²) in [6.07, 6.45) is 4.37. The summed E-state index contributed by atoms with van der Waals surface area (Å²) in [6.45, 7) is 8.00. The van der Waals surface area contributed by atoms with Crippen molar-refractivity contribution < 1.29 is 26.4 Å². The van der Waals surface area contributed by atoms with Crippen LogP contribution in [0.1, 0.15) is 97.5 Å². The first-order valence-electron chi connectivity index (χ1n) is 18.4. The molecule has 6 rings (SSSR count). The van der Waals surface area contributed by atoms with Gasteiger partial charge >= 0.3 is 12.1 Å². The molecule has 56 heavy (non-hydrogen) atoms. The minimum atomic E-state index is -4.49. The lowest BCUT2D eigenvalue weighted by Gasteiger charge is -2.21. The first-order valence-corrected chi connectivity index (χ1v) is 21.4. The number of amides is 4. The van der Waals surface area contributed by atoms with E-state index < -0.39 is 38.0 Å². The van der Waals surface area contributed by atoms with Crippen molar-refractivity contribution in [1.82, 2.24) is 29.4 Å². The number of urea groups is 2. The molecule has 4 N–H and O–H groups in total. The normalized spacial score (nSPS) is 15.0. The average Bonchev–Trinajstić information content (AvgIpc) is 3.78. The number of hydrogen-bond donors (Lipinski definition) is 4. The molecule has 0 radical (unpaired) electrons. The molecule has 2 heterocycles. The highest BCUT2D eigenvalue weighted by atomic mass is 32.2. The van der Waals surface area contributed by atoms with E-state index in [2.05, 4.69) is 41.1 Å². The Balaban J connectivity index is 1.30. The fourth-order valence-corrected chi connectivity index (χ4v) is 8.97. The van der Waals surface area contributed by atoms with Gasteiger partial charge in [0.15, 0.2) is 10.1 Å². The van der Waals surface area contributed by atoms with Gasteiger partial charge in [0.05, 0.1) is 0 Å². The van der Waals surface area contributed by atoms with E-state index in [0.29, 0.717) is 42.3 Å². The zero-order chi connectivity index (χ0) is 40.7. The maximum absolute atomic E-state index is 13.9. The number of nitrogens with one attached hydrogen (secondary N) is 4. The Morgan fingerprint density at radius 3 is 1.91 bits per heavy atom. The Kier molecular flexibility index (Phi) is 11.3. The molecule has 2 aromatic carbocycles. The monoisotopic (exact) mass is 804 g/mol. The molecular weight excluding hydrogens is 757 g/mol. The molecule has 298 valence electrons. The molecule has 2 aliphatic rings. The number of rotatable bonds is 11. The SMILES string of the molecule is CC(C)c1cccc(C(C)C)c1NC(=O)NS(=O)(=O)c1cc(N(C)C)nc(C2CCc3c2cc2c(c3NC(=O)NS(=O)(=O)c3cc(N(C)C)ncn3)CCC2)n1. The highest BCUT2D eigenvalue weighted by Crippen LogP contribution is 2.45. The number of anilines is 4. The number of benzene rings is 2. The van der Waals surface area contributed by atoms with Gasteiger partial charge in [-0.3, -0.25) is 0 Å². The lowest BCUT2D eigenvalue weighted by atomic mass is 9.93. The Hall–Kier alpha value is -5.36. The van der Waals surface area contributed by atoms with Crippen molar-refractivity contribution in [2.45, 2.75) is 87.6 Å². The zero-order valence-electron chi connectivity index (χ0n) is 32.8. The molecule has 4 amide bonds. The van der Waals surface area contributed by atoms with E-state index >= 15 is 0 Å². The number of carbonyl (C=O) groups excluding carboxylic acids is 2. The summed E-state index contributed by atoms with van der Waals surface area (Å²) in [5.41, 5.74) is 6.39. The fraction of sp³-hybridized carbons (Fsp3) is 0.421. The molecule has 0 spiro atoms. The molecule has 0 fully saturated rings. The summed E-state index contributed by atoms with van der Waals surface area (Å²) in [5, 5.41) is 4.89. The number of aromatic nitrogens is 4. The third-order valence-electron chi connectivity index (χ3n) is 10.0. The molecule has 1 unspecified atom stereocenters. The van der Waals surface area contributed by atoms with Gasteiger partial charge in [0, 0.05) is 57.6 Å². The third-order valence-corrected chi connectivity index (χ3v) is 12.5. The van der Waals surface area contributed by atoms with Crippen molar-refractivity contribution in [3.8, 4) is 0 Å². The fourth-order valence-electron chi connectivity index (χ4n) is 7.25. The maximum atomic E-state index is 13.9. The van der Waals surface area contributed by atoms with Crippen LogP contribution in [-0.2, 0) is 39.3 Å². The van der Waals surface area contributed by atoms with E-state index in [9.17, 15) is 26.4 Å². The number of para-hydroxylation sites is 1. The molecule has 2 aromatic heterocycles. The minimum Gasteiger partial charge on any atom is -0.363 e. The quantitative estimate of drug-likeness (QED) is 0.144. The average molecular weight is 805 g/mol. The van der Waals surface area contributed by atoms with Crippen LogP contribution in [0.3, 0.4) is 0 Å². The summed E-state index contributed by atoms with van der Waals surface area (Å²) >= 11 is 0. The molecule has 0 bridgehead atoms. The van der Waals surface area contributed by atoms with E-state index in [0.717, 1.165) is 52.5 Å². The number of fused-ring (bicyclic) bond motifs is 2. The van der Waals surface area contributed by atoms with Crippen LogP contribution >= 0.6 is 0 Å². The standard InChI is InChI=1S/C38H48N10O6S2/c1-21(2)24-12-10-13-25(22(3)4)34(24)43-37(49)46-56(53,54)33-19-31(48(7)8)41-36(42-33)28-16-15-27-29(28)17-23-11-9-14-26(23)35(27)44-38(50)45-55(51,52)32-18-30(47(5)6)39-20-40-32/h10,12-13,17-22,28H,9,11,14-16H2,1-8H3,(H2,43,46,49)(H2,44,45,50). The summed E-state index contributed by atoms with van der Waals surface area (Å²) in [4.78, 5) is 47.2. The predicted octanol–water partition coefficient (Wildman–Crippen LogP) is 5.23. The van der Waals surface area contributed by atoms with Gasteiger partial charge in [-0.2, -0.15) is 16.8 Å². The van der Waals surface area contributed by atoms with Gasteiger partial charge < -0.3 is 20.4 Å². The Bertz CT molecular complexity index is 2390. The van der Waals surface area contributed by atoms with Crippen molar-refractivity contribution in [3.63, 3.8) is 0 Å². The third kappa shape index (κ3) is 8.26. The Labute approximate surface area is 328 Å². The largest absolute Gasteiger partial charge is 0.363 e. The first-order chi connectivity index (χ1) is 26.4. The van der Waals surface area contributed by atoms with Gasteiger partial charge in [-0.25, -0.2) is 39.0 Å². The summed E-state index contributed by atoms with van der Waals surface area (Å²) < 4.78 is 58.3. The summed E-state index contributed by atoms with van der Waals surface area (Å²) in [7, 11) is -1.96. The maximum Gasteiger partial charge on any atom is 0.333 e. The number of nitrogens with zero attached hydrogens (tertiary/aromatic N) is 6. The van der Waals surface area contributed by atoms with Gasteiger partial charge in [0.2, 0.25) is 0 Å². The molecule has 0 saturated carbocycles. The van der Waals surface area contributed by atoms with E-state index in [-0.39, 0.29) is 27.7 Å². The second-order valence-corrected chi connectivity index (χ2v) is 18.3. The van der Waals surface area contributed by atoms with Gasteiger partial charge in [-0.05, 0) is 77.3 Å². The molecule has 4 aromatic rings. The lowest BCUT2D eigenvalue weighted by Crippen LogP contribution is -2.36. The molecule has 18 heteroatoms. The second-order valence-electron chi connectivity index (χ2n) is 15.1. The molecule has 1 atom stereocenters. The van der Waals surface area contributed by atoms with Crippen molar-refractivity contribution in [1.29, 1.82) is 0 Å². The molecule has 0 aliphatic heterocycles. The molecule has 16 nitrogen and oxygen atoms in total. The predicted molar refractivity (Wildman–Crippen MR) is 215 cm³/mol. The van der Waals surface area contributed by atoms with E-state index in [1.165, 1.54) is 12.1 Å². The van der Waals surface area contributed by atoms with Crippen LogP contribution in [-0.4, -0.2) is 77.0 Å². The topological polar surface area (TPSA) is 209 Å². The smallest absolute Gasteiger partial charge is 0.333 e. The lowest BCUT2D eigenvalue weighted by molar-refractivity contribution is 0.255. The van der Waals surface area contributed by atoms with Crippen LogP contribution in [0.15, 0.2) is 52.8 Å². The Morgan fingerprint density at radius 2 is 1.30 bits per heavy atom. The number of aryl methyl sites for hydroxylation is 1. The van der Waals surface area contributed by atoms with Crippen LogP contribution < -0.4 is 29.9 Å². The summed E-state index contributed by atoms with van der Waals surface area (Å²) in [5.74, 6) is 0.600. The van der Waals surface area contributed by atoms with Crippen LogP contribution in [0.25, 0.3) is 0 Å². The van der Waals surface area contributed by atoms with Gasteiger partial charge in [-0.15, -0.1) is 0 Å². The van der Waals surface area contributed by atoms with Crippen molar-refractivity contribution in [3.05, 3.63) is 81.9 Å². The summed E-state index contributed by atoms with van der Waals surface area (Å²) in [6, 6.07) is 8.52. The van der Waals surface area contributed by atoms with Crippen molar-refractivity contribution in [2.75, 3.05) is 48.6 Å².